The van der Waals surface area contributed by atoms with Crippen molar-refractivity contribution in [2.75, 3.05) is 31.1 Å². The fourth-order valence-corrected chi connectivity index (χ4v) is 3.46. The van der Waals surface area contributed by atoms with Crippen molar-refractivity contribution in [2.45, 2.75) is 6.18 Å². The Morgan fingerprint density at radius 2 is 1.67 bits per heavy atom. The predicted octanol–water partition coefficient (Wildman–Crippen LogP) is 4.15. The van der Waals surface area contributed by atoms with Gasteiger partial charge in [-0.15, -0.1) is 0 Å². The number of halogens is 3. The van der Waals surface area contributed by atoms with Crippen LogP contribution in [0.25, 0.3) is 10.9 Å². The molecule has 0 aliphatic carbocycles. The molecule has 0 atom stereocenters. The van der Waals surface area contributed by atoms with E-state index < -0.39 is 11.7 Å². The molecule has 1 aliphatic rings. The van der Waals surface area contributed by atoms with Crippen molar-refractivity contribution < 1.29 is 18.0 Å². The molecule has 1 fully saturated rings. The lowest BCUT2D eigenvalue weighted by Crippen LogP contribution is -2.48. The number of amides is 1. The van der Waals surface area contributed by atoms with Gasteiger partial charge in [-0.05, 0) is 24.3 Å². The molecule has 0 unspecified atom stereocenters. The number of aromatic nitrogens is 1. The molecule has 1 amide bonds. The molecule has 140 valence electrons. The van der Waals surface area contributed by atoms with Gasteiger partial charge in [0.15, 0.2) is 0 Å². The monoisotopic (exact) mass is 373 g/mol. The number of carbonyl (C=O) groups excluding carboxylic acids is 1. The average Bonchev–Trinajstić information content (AvgIpc) is 3.11. The molecule has 4 nitrogen and oxygen atoms in total. The molecule has 1 aliphatic heterocycles. The lowest BCUT2D eigenvalue weighted by molar-refractivity contribution is -0.137. The van der Waals surface area contributed by atoms with Crippen LogP contribution in [0.1, 0.15) is 15.9 Å². The Kier molecular flexibility index (Phi) is 4.30. The van der Waals surface area contributed by atoms with Crippen LogP contribution in [0, 0.1) is 0 Å². The molecule has 7 heteroatoms. The van der Waals surface area contributed by atoms with Crippen molar-refractivity contribution in [1.82, 2.24) is 9.88 Å². The summed E-state index contributed by atoms with van der Waals surface area (Å²) in [4.78, 5) is 19.6. The van der Waals surface area contributed by atoms with E-state index >= 15 is 0 Å². The fraction of sp³-hybridized carbons (Fsp3) is 0.250. The number of piperazine rings is 1. The highest BCUT2D eigenvalue weighted by atomic mass is 19.4. The molecule has 2 aromatic carbocycles. The highest BCUT2D eigenvalue weighted by Gasteiger charge is 2.31. The van der Waals surface area contributed by atoms with Crippen LogP contribution in [-0.2, 0) is 6.18 Å². The van der Waals surface area contributed by atoms with E-state index in [1.54, 1.807) is 4.90 Å². The summed E-state index contributed by atoms with van der Waals surface area (Å²) in [7, 11) is 0. The third-order valence-electron chi connectivity index (χ3n) is 4.93. The highest BCUT2D eigenvalue weighted by Crippen LogP contribution is 2.32. The first kappa shape index (κ1) is 17.5. The molecule has 4 rings (SSSR count). The van der Waals surface area contributed by atoms with Crippen LogP contribution < -0.4 is 4.90 Å². The number of anilines is 1. The summed E-state index contributed by atoms with van der Waals surface area (Å²) in [6, 6.07) is 13.4. The number of nitrogens with zero attached hydrogens (tertiary/aromatic N) is 2. The summed E-state index contributed by atoms with van der Waals surface area (Å²) >= 11 is 0. The molecule has 2 heterocycles. The van der Waals surface area contributed by atoms with Crippen molar-refractivity contribution in [3.05, 3.63) is 65.9 Å². The first-order valence-electron chi connectivity index (χ1n) is 8.71. The van der Waals surface area contributed by atoms with E-state index in [0.29, 0.717) is 29.6 Å². The summed E-state index contributed by atoms with van der Waals surface area (Å²) in [5, 5.41) is 0.512. The number of para-hydroxylation sites is 1. The normalized spacial score (nSPS) is 15.4. The quantitative estimate of drug-likeness (QED) is 0.733. The average molecular weight is 373 g/mol. The van der Waals surface area contributed by atoms with Crippen LogP contribution in [0.4, 0.5) is 18.9 Å². The number of nitrogens with one attached hydrogen (secondary N) is 1. The summed E-state index contributed by atoms with van der Waals surface area (Å²) in [6.45, 7) is 2.58. The first-order chi connectivity index (χ1) is 12.9. The van der Waals surface area contributed by atoms with Gasteiger partial charge in [-0.2, -0.15) is 13.2 Å². The van der Waals surface area contributed by atoms with E-state index in [4.69, 9.17) is 0 Å². The number of fused-ring (bicyclic) bond motifs is 1. The Morgan fingerprint density at radius 3 is 2.33 bits per heavy atom. The number of rotatable bonds is 2. The van der Waals surface area contributed by atoms with Crippen LogP contribution in [0.5, 0.6) is 0 Å². The topological polar surface area (TPSA) is 39.3 Å². The van der Waals surface area contributed by atoms with E-state index in [9.17, 15) is 18.0 Å². The second-order valence-corrected chi connectivity index (χ2v) is 6.58. The van der Waals surface area contributed by atoms with Crippen molar-refractivity contribution in [1.29, 1.82) is 0 Å². The molecule has 0 radical (unpaired) electrons. The minimum Gasteiger partial charge on any atom is -0.368 e. The fourth-order valence-electron chi connectivity index (χ4n) is 3.46. The van der Waals surface area contributed by atoms with E-state index in [1.807, 2.05) is 30.3 Å². The molecule has 0 spiro atoms. The Labute approximate surface area is 154 Å². The third-order valence-corrected chi connectivity index (χ3v) is 4.93. The zero-order valence-electron chi connectivity index (χ0n) is 14.5. The molecule has 27 heavy (non-hydrogen) atoms. The minimum absolute atomic E-state index is 0.159. The van der Waals surface area contributed by atoms with Gasteiger partial charge in [0.2, 0.25) is 0 Å². The molecule has 1 N–H and O–H groups in total. The maximum atomic E-state index is 12.9. The summed E-state index contributed by atoms with van der Waals surface area (Å²) < 4.78 is 38.6. The van der Waals surface area contributed by atoms with Crippen LogP contribution in [0.15, 0.2) is 54.7 Å². The van der Waals surface area contributed by atoms with Gasteiger partial charge >= 0.3 is 6.18 Å². The molecule has 3 aromatic rings. The lowest BCUT2D eigenvalue weighted by atomic mass is 10.1. The Bertz CT molecular complexity index is 958. The van der Waals surface area contributed by atoms with Gasteiger partial charge in [0.25, 0.3) is 5.91 Å². The molecule has 1 aromatic heterocycles. The van der Waals surface area contributed by atoms with E-state index in [1.165, 1.54) is 12.3 Å². The standard InChI is InChI=1S/C20H18F3N3O/c21-20(22,23)14-6-7-16-17(13-24-18(16)12-14)19(27)26-10-8-25(9-11-26)15-4-2-1-3-5-15/h1-7,12-13,24H,8-11H2. The predicted molar refractivity (Wildman–Crippen MR) is 97.9 cm³/mol. The number of alkyl halides is 3. The van der Waals surface area contributed by atoms with Gasteiger partial charge in [-0.3, -0.25) is 4.79 Å². The Morgan fingerprint density at radius 1 is 0.963 bits per heavy atom. The minimum atomic E-state index is -4.41. The smallest absolute Gasteiger partial charge is 0.368 e. The van der Waals surface area contributed by atoms with Crippen molar-refractivity contribution >= 4 is 22.5 Å². The highest BCUT2D eigenvalue weighted by molar-refractivity contribution is 6.06. The lowest BCUT2D eigenvalue weighted by Gasteiger charge is -2.36. The molecular weight excluding hydrogens is 355 g/mol. The van der Waals surface area contributed by atoms with Gasteiger partial charge in [0, 0.05) is 49.0 Å². The first-order valence-corrected chi connectivity index (χ1v) is 8.71. The van der Waals surface area contributed by atoms with Crippen molar-refractivity contribution in [2.24, 2.45) is 0 Å². The van der Waals surface area contributed by atoms with Gasteiger partial charge in [0.05, 0.1) is 11.1 Å². The second-order valence-electron chi connectivity index (χ2n) is 6.58. The van der Waals surface area contributed by atoms with Gasteiger partial charge < -0.3 is 14.8 Å². The van der Waals surface area contributed by atoms with E-state index in [2.05, 4.69) is 9.88 Å². The maximum absolute atomic E-state index is 12.9. The summed E-state index contributed by atoms with van der Waals surface area (Å²) in [5.74, 6) is -0.159. The number of aromatic amines is 1. The number of carbonyl (C=O) groups is 1. The maximum Gasteiger partial charge on any atom is 0.416 e. The van der Waals surface area contributed by atoms with Crippen LogP contribution in [0.3, 0.4) is 0 Å². The number of hydrogen-bond donors (Lipinski definition) is 1. The van der Waals surface area contributed by atoms with Gasteiger partial charge in [-0.1, -0.05) is 24.3 Å². The van der Waals surface area contributed by atoms with Gasteiger partial charge in [-0.25, -0.2) is 0 Å². The summed E-state index contributed by atoms with van der Waals surface area (Å²) in [5.41, 5.74) is 1.12. The Hall–Kier alpha value is -2.96. The number of hydrogen-bond acceptors (Lipinski definition) is 2. The zero-order chi connectivity index (χ0) is 19.0. The summed E-state index contributed by atoms with van der Waals surface area (Å²) in [6.07, 6.45) is -2.91. The third kappa shape index (κ3) is 3.37. The van der Waals surface area contributed by atoms with E-state index in [-0.39, 0.29) is 5.91 Å². The number of benzene rings is 2. The molecular formula is C20H18F3N3O. The second kappa shape index (κ2) is 6.64. The molecule has 0 saturated carbocycles. The van der Waals surface area contributed by atoms with Crippen LogP contribution >= 0.6 is 0 Å². The SMILES string of the molecule is O=C(c1c[nH]c2cc(C(F)(F)F)ccc12)N1CCN(c2ccccc2)CC1. The zero-order valence-corrected chi connectivity index (χ0v) is 14.5. The molecule has 0 bridgehead atoms. The number of H-pyrrole nitrogens is 1. The Balaban J connectivity index is 1.50. The van der Waals surface area contributed by atoms with Gasteiger partial charge in [0.1, 0.15) is 0 Å². The van der Waals surface area contributed by atoms with Crippen LogP contribution in [-0.4, -0.2) is 42.0 Å². The van der Waals surface area contributed by atoms with E-state index in [0.717, 1.165) is 30.9 Å². The van der Waals surface area contributed by atoms with Crippen LogP contribution in [0.2, 0.25) is 0 Å². The molecule has 1 saturated heterocycles. The largest absolute Gasteiger partial charge is 0.416 e. The van der Waals surface area contributed by atoms with Crippen molar-refractivity contribution in [3.8, 4) is 0 Å². The van der Waals surface area contributed by atoms with Crippen molar-refractivity contribution in [3.63, 3.8) is 0 Å².